The lowest BCUT2D eigenvalue weighted by molar-refractivity contribution is -0.368. The van der Waals surface area contributed by atoms with E-state index in [0.717, 1.165) is 32.3 Å². The number of carbonyl (C=O) groups excluding carboxylic acids is 4. The molecule has 18 heteroatoms. The number of hydrogen-bond acceptors (Lipinski definition) is 8. The Morgan fingerprint density at radius 3 is 2.20 bits per heavy atom. The summed E-state index contributed by atoms with van der Waals surface area (Å²) < 4.78 is 90.0. The number of carbonyl (C=O) groups is 4. The molecule has 5 rings (SSSR count). The van der Waals surface area contributed by atoms with Gasteiger partial charge in [0.2, 0.25) is 5.91 Å². The number of ether oxygens (including phenoxy) is 2. The molecule has 0 saturated carbocycles. The molecule has 0 radical (unpaired) electrons. The van der Waals surface area contributed by atoms with Crippen LogP contribution in [0.5, 0.6) is 5.75 Å². The van der Waals surface area contributed by atoms with Crippen LogP contribution in [0.25, 0.3) is 10.8 Å². The molecule has 0 saturated heterocycles. The Bertz CT molecular complexity index is 2100. The number of halogens is 7. The van der Waals surface area contributed by atoms with Gasteiger partial charge < -0.3 is 35.0 Å². The SMILES string of the molecule is CN[C@@H](C)C(=O)N[C@H]1CN(C(=O)c2ccc(C(O)(OC(=O)C(F)(F)F)C(F)(F)F)cc2)c2ccccc2N(Cc2c(OC)ccc3cc(Br)ccc23)C1=O. The van der Waals surface area contributed by atoms with E-state index in [0.29, 0.717) is 23.4 Å². The quantitative estimate of drug-likeness (QED) is 0.111. The highest BCUT2D eigenvalue weighted by Crippen LogP contribution is 2.42. The number of anilines is 2. The fourth-order valence-electron chi connectivity index (χ4n) is 5.80. The molecular formula is C36H31BrF6N4O7. The minimum atomic E-state index is -5.92. The van der Waals surface area contributed by atoms with Gasteiger partial charge in [0.1, 0.15) is 11.8 Å². The number of esters is 1. The van der Waals surface area contributed by atoms with Gasteiger partial charge in [-0.3, -0.25) is 14.4 Å². The second-order valence-corrected chi connectivity index (χ2v) is 13.0. The third-order valence-electron chi connectivity index (χ3n) is 8.75. The summed E-state index contributed by atoms with van der Waals surface area (Å²) in [5.41, 5.74) is -0.697. The Balaban J connectivity index is 1.60. The van der Waals surface area contributed by atoms with Gasteiger partial charge in [0.15, 0.2) is 0 Å². The zero-order valence-electron chi connectivity index (χ0n) is 28.5. The molecule has 1 heterocycles. The number of nitrogens with zero attached hydrogens (tertiary/aromatic N) is 2. The van der Waals surface area contributed by atoms with E-state index in [9.17, 15) is 50.6 Å². The summed E-state index contributed by atoms with van der Waals surface area (Å²) in [6.45, 7) is 0.973. The molecule has 4 aromatic rings. The molecule has 3 N–H and O–H groups in total. The van der Waals surface area contributed by atoms with E-state index >= 15 is 0 Å². The first kappa shape index (κ1) is 40.0. The molecule has 4 aromatic carbocycles. The number of benzene rings is 4. The van der Waals surface area contributed by atoms with Gasteiger partial charge in [0.05, 0.1) is 37.6 Å². The molecular weight excluding hydrogens is 794 g/mol. The minimum Gasteiger partial charge on any atom is -0.496 e. The maximum absolute atomic E-state index is 14.5. The smallest absolute Gasteiger partial charge is 0.491 e. The lowest BCUT2D eigenvalue weighted by Crippen LogP contribution is -2.55. The molecule has 3 amide bonds. The predicted molar refractivity (Wildman–Crippen MR) is 187 cm³/mol. The van der Waals surface area contributed by atoms with Crippen molar-refractivity contribution in [2.45, 2.75) is 43.7 Å². The Kier molecular flexibility index (Phi) is 11.3. The first-order valence-corrected chi connectivity index (χ1v) is 16.7. The summed E-state index contributed by atoms with van der Waals surface area (Å²) in [4.78, 5) is 55.7. The van der Waals surface area contributed by atoms with Crippen LogP contribution >= 0.6 is 15.9 Å². The largest absolute Gasteiger partial charge is 0.496 e. The number of methoxy groups -OCH3 is 1. The number of alkyl halides is 6. The van der Waals surface area contributed by atoms with Gasteiger partial charge in [-0.2, -0.15) is 26.3 Å². The molecule has 1 aliphatic heterocycles. The standard InChI is InChI=1S/C36H31BrF6N4O7/c1-19(44-2)30(48)45-26-18-47(31(49)20-8-11-22(12-9-20)34(52,36(41,42)43)54-33(51)35(38,39)40)28-7-5-4-6-27(28)46(32(26)50)17-25-24-14-13-23(37)16-21(24)10-15-29(25)53-3/h4-16,19,26,44,52H,17-18H2,1-3H3,(H,45,48)/t19-,26-,34?/m0/s1. The Morgan fingerprint density at radius 2 is 1.61 bits per heavy atom. The van der Waals surface area contributed by atoms with E-state index in [2.05, 4.69) is 31.3 Å². The number of nitrogens with one attached hydrogen (secondary N) is 2. The van der Waals surface area contributed by atoms with E-state index < -0.39 is 66.0 Å². The lowest BCUT2D eigenvalue weighted by Gasteiger charge is -2.30. The van der Waals surface area contributed by atoms with Crippen LogP contribution in [0.3, 0.4) is 0 Å². The van der Waals surface area contributed by atoms with Crippen molar-refractivity contribution in [2.75, 3.05) is 30.5 Å². The van der Waals surface area contributed by atoms with Crippen molar-refractivity contribution in [3.63, 3.8) is 0 Å². The lowest BCUT2D eigenvalue weighted by atomic mass is 10.0. The normalized spacial score (nSPS) is 16.6. The topological polar surface area (TPSA) is 138 Å². The van der Waals surface area contributed by atoms with E-state index in [-0.39, 0.29) is 23.5 Å². The van der Waals surface area contributed by atoms with E-state index in [1.165, 1.54) is 25.1 Å². The monoisotopic (exact) mass is 824 g/mol. The molecule has 286 valence electrons. The number of rotatable bonds is 9. The average molecular weight is 826 g/mol. The van der Waals surface area contributed by atoms with Crippen molar-refractivity contribution in [3.05, 3.63) is 100 Å². The van der Waals surface area contributed by atoms with Crippen LogP contribution in [-0.2, 0) is 31.5 Å². The number of fused-ring (bicyclic) bond motifs is 2. The molecule has 54 heavy (non-hydrogen) atoms. The third kappa shape index (κ3) is 7.85. The molecule has 0 bridgehead atoms. The number of aliphatic hydroxyl groups is 1. The van der Waals surface area contributed by atoms with Crippen LogP contribution < -0.4 is 25.2 Å². The fourth-order valence-corrected chi connectivity index (χ4v) is 6.18. The van der Waals surface area contributed by atoms with Crippen LogP contribution in [-0.4, -0.2) is 73.9 Å². The maximum Gasteiger partial charge on any atom is 0.491 e. The zero-order valence-corrected chi connectivity index (χ0v) is 30.1. The third-order valence-corrected chi connectivity index (χ3v) is 9.24. The van der Waals surface area contributed by atoms with Crippen molar-refractivity contribution >= 4 is 61.8 Å². The van der Waals surface area contributed by atoms with Gasteiger partial charge in [-0.05, 0) is 67.2 Å². The van der Waals surface area contributed by atoms with Gasteiger partial charge >= 0.3 is 24.1 Å². The van der Waals surface area contributed by atoms with Gasteiger partial charge in [-0.1, -0.05) is 52.3 Å². The molecule has 0 aromatic heterocycles. The fraction of sp³-hybridized carbons (Fsp3) is 0.278. The Hall–Kier alpha value is -5.20. The van der Waals surface area contributed by atoms with Crippen molar-refractivity contribution in [1.29, 1.82) is 0 Å². The van der Waals surface area contributed by atoms with Gasteiger partial charge in [0.25, 0.3) is 11.8 Å². The van der Waals surface area contributed by atoms with Crippen LogP contribution in [0.2, 0.25) is 0 Å². The Labute approximate surface area is 311 Å². The summed E-state index contributed by atoms with van der Waals surface area (Å²) in [5, 5.41) is 17.2. The second-order valence-electron chi connectivity index (χ2n) is 12.1. The van der Waals surface area contributed by atoms with E-state index in [1.807, 2.05) is 24.3 Å². The van der Waals surface area contributed by atoms with Crippen molar-refractivity contribution < 1.29 is 60.1 Å². The average Bonchev–Trinajstić information content (AvgIpc) is 3.24. The molecule has 3 atom stereocenters. The van der Waals surface area contributed by atoms with Crippen LogP contribution in [0.4, 0.5) is 37.7 Å². The molecule has 0 fully saturated rings. The van der Waals surface area contributed by atoms with Gasteiger partial charge in [-0.25, -0.2) is 4.79 Å². The number of hydrogen-bond donors (Lipinski definition) is 3. The van der Waals surface area contributed by atoms with Crippen molar-refractivity contribution in [2.24, 2.45) is 0 Å². The summed E-state index contributed by atoms with van der Waals surface area (Å²) >= 11 is 3.46. The predicted octanol–water partition coefficient (Wildman–Crippen LogP) is 5.71. The van der Waals surface area contributed by atoms with Gasteiger partial charge in [-0.15, -0.1) is 0 Å². The molecule has 0 aliphatic carbocycles. The second kappa shape index (κ2) is 15.3. The molecule has 1 unspecified atom stereocenters. The molecule has 0 spiro atoms. The summed E-state index contributed by atoms with van der Waals surface area (Å²) in [7, 11) is 2.99. The van der Waals surface area contributed by atoms with Gasteiger partial charge in [0, 0.05) is 21.2 Å². The van der Waals surface area contributed by atoms with E-state index in [4.69, 9.17) is 4.74 Å². The number of amides is 3. The summed E-state index contributed by atoms with van der Waals surface area (Å²) in [6, 6.07) is 15.7. The first-order valence-electron chi connectivity index (χ1n) is 16.0. The highest BCUT2D eigenvalue weighted by molar-refractivity contribution is 9.10. The van der Waals surface area contributed by atoms with Crippen molar-refractivity contribution in [1.82, 2.24) is 10.6 Å². The molecule has 11 nitrogen and oxygen atoms in total. The number of likely N-dealkylation sites (N-methyl/N-ethyl adjacent to an activating group) is 1. The van der Waals surface area contributed by atoms with Crippen molar-refractivity contribution in [3.8, 4) is 5.75 Å². The summed E-state index contributed by atoms with van der Waals surface area (Å²) in [5.74, 6) is -9.70. The first-order chi connectivity index (χ1) is 25.3. The highest BCUT2D eigenvalue weighted by atomic mass is 79.9. The zero-order chi connectivity index (χ0) is 39.7. The highest BCUT2D eigenvalue weighted by Gasteiger charge is 2.61. The Morgan fingerprint density at radius 1 is 0.963 bits per heavy atom. The van der Waals surface area contributed by atoms with Crippen LogP contribution in [0, 0.1) is 0 Å². The van der Waals surface area contributed by atoms with Crippen LogP contribution in [0.15, 0.2) is 83.3 Å². The van der Waals surface area contributed by atoms with E-state index in [1.54, 1.807) is 31.2 Å². The minimum absolute atomic E-state index is 0.102. The molecule has 1 aliphatic rings. The van der Waals surface area contributed by atoms with Crippen LogP contribution in [0.1, 0.15) is 28.4 Å². The number of para-hydroxylation sites is 2. The summed E-state index contributed by atoms with van der Waals surface area (Å²) in [6.07, 6.45) is -11.8. The maximum atomic E-state index is 14.5.